The maximum atomic E-state index is 14.3. The topological polar surface area (TPSA) is 49.8 Å². The van der Waals surface area contributed by atoms with Crippen molar-refractivity contribution in [2.75, 3.05) is 0 Å². The van der Waals surface area contributed by atoms with Crippen molar-refractivity contribution in [1.29, 1.82) is 0 Å². The van der Waals surface area contributed by atoms with Crippen LogP contribution in [0, 0.1) is 11.8 Å². The van der Waals surface area contributed by atoms with Gasteiger partial charge in [-0.3, -0.25) is 9.69 Å². The molecule has 40 heavy (non-hydrogen) atoms. The molecule has 2 aromatic rings. The van der Waals surface area contributed by atoms with Crippen LogP contribution in [0.3, 0.4) is 0 Å². The fourth-order valence-electron chi connectivity index (χ4n) is 7.36. The van der Waals surface area contributed by atoms with Crippen molar-refractivity contribution in [3.05, 3.63) is 41.5 Å². The van der Waals surface area contributed by atoms with E-state index in [-0.39, 0.29) is 60.9 Å². The molecule has 3 aliphatic rings. The van der Waals surface area contributed by atoms with Crippen molar-refractivity contribution in [2.45, 2.75) is 108 Å². The number of nitrogens with zero attached hydrogens (tertiary/aromatic N) is 1. The highest BCUT2D eigenvalue weighted by Gasteiger charge is 2.45. The molecule has 0 aromatic heterocycles. The van der Waals surface area contributed by atoms with E-state index in [1.54, 1.807) is 18.2 Å². The van der Waals surface area contributed by atoms with Crippen molar-refractivity contribution in [3.63, 3.8) is 0 Å². The quantitative estimate of drug-likeness (QED) is 0.353. The third kappa shape index (κ3) is 5.78. The number of fused-ring (bicyclic) bond motifs is 3. The van der Waals surface area contributed by atoms with E-state index in [2.05, 4.69) is 4.90 Å². The molecule has 2 unspecified atom stereocenters. The number of hydrogen-bond donors (Lipinski definition) is 1. The van der Waals surface area contributed by atoms with Gasteiger partial charge in [-0.2, -0.15) is 26.3 Å². The second kappa shape index (κ2) is 11.1. The van der Waals surface area contributed by atoms with Gasteiger partial charge in [0.2, 0.25) is 0 Å². The molecule has 0 amide bonds. The average molecular weight is 572 g/mol. The summed E-state index contributed by atoms with van der Waals surface area (Å²) in [7, 11) is 0. The second-order valence-corrected chi connectivity index (χ2v) is 11.7. The van der Waals surface area contributed by atoms with E-state index < -0.39 is 35.9 Å². The van der Waals surface area contributed by atoms with Crippen molar-refractivity contribution >= 4 is 16.7 Å². The van der Waals surface area contributed by atoms with Gasteiger partial charge in [0.1, 0.15) is 11.3 Å². The van der Waals surface area contributed by atoms with E-state index in [1.807, 2.05) is 6.92 Å². The molecule has 1 saturated carbocycles. The Balaban J connectivity index is 1.42. The lowest BCUT2D eigenvalue weighted by atomic mass is 9.76. The van der Waals surface area contributed by atoms with Gasteiger partial charge < -0.3 is 9.84 Å². The minimum atomic E-state index is -4.71. The lowest BCUT2D eigenvalue weighted by molar-refractivity contribution is -0.185. The SMILES string of the molecule is CC[C@H](c1ccc2c(C(F)(F)F)c(O[C@H]3CC[C@@H](C(F)(F)F)CC3)ccc2c1)N1C2CCCC1CC(C(=O)O)C2. The minimum absolute atomic E-state index is 0.00244. The summed E-state index contributed by atoms with van der Waals surface area (Å²) in [6, 6.07) is 8.09. The van der Waals surface area contributed by atoms with Gasteiger partial charge in [0.05, 0.1) is 17.9 Å². The summed E-state index contributed by atoms with van der Waals surface area (Å²) in [4.78, 5) is 14.1. The molecule has 5 rings (SSSR count). The molecular formula is C30H35F6NO3. The Morgan fingerprint density at radius 2 is 1.62 bits per heavy atom. The van der Waals surface area contributed by atoms with Crippen LogP contribution < -0.4 is 4.74 Å². The highest BCUT2D eigenvalue weighted by Crippen LogP contribution is 2.46. The van der Waals surface area contributed by atoms with Crippen LogP contribution in [-0.2, 0) is 11.0 Å². The smallest absolute Gasteiger partial charge is 0.420 e. The summed E-state index contributed by atoms with van der Waals surface area (Å²) in [5, 5.41) is 10.0. The molecule has 0 radical (unpaired) electrons. The van der Waals surface area contributed by atoms with E-state index in [9.17, 15) is 36.2 Å². The van der Waals surface area contributed by atoms with Crippen molar-refractivity contribution in [2.24, 2.45) is 11.8 Å². The van der Waals surface area contributed by atoms with E-state index in [4.69, 9.17) is 4.74 Å². The molecule has 10 heteroatoms. The summed E-state index contributed by atoms with van der Waals surface area (Å²) in [5.74, 6) is -2.91. The van der Waals surface area contributed by atoms with Gasteiger partial charge in [-0.1, -0.05) is 31.5 Å². The largest absolute Gasteiger partial charge is 0.490 e. The fourth-order valence-corrected chi connectivity index (χ4v) is 7.36. The predicted octanol–water partition coefficient (Wildman–Crippen LogP) is 8.53. The summed E-state index contributed by atoms with van der Waals surface area (Å²) < 4.78 is 87.8. The first-order valence-corrected chi connectivity index (χ1v) is 14.2. The maximum absolute atomic E-state index is 14.3. The van der Waals surface area contributed by atoms with Crippen LogP contribution in [0.15, 0.2) is 30.3 Å². The summed E-state index contributed by atoms with van der Waals surface area (Å²) in [5.41, 5.74) is -0.00498. The first-order valence-electron chi connectivity index (χ1n) is 14.2. The summed E-state index contributed by atoms with van der Waals surface area (Å²) in [6.07, 6.45) is -5.15. The van der Waals surface area contributed by atoms with E-state index in [0.29, 0.717) is 18.2 Å². The van der Waals surface area contributed by atoms with E-state index in [1.165, 1.54) is 12.1 Å². The Morgan fingerprint density at radius 3 is 2.17 bits per heavy atom. The molecule has 2 bridgehead atoms. The van der Waals surface area contributed by atoms with Crippen LogP contribution in [0.4, 0.5) is 26.3 Å². The molecule has 2 aliphatic heterocycles. The molecular weight excluding hydrogens is 536 g/mol. The second-order valence-electron chi connectivity index (χ2n) is 11.7. The number of carbonyl (C=O) groups is 1. The van der Waals surface area contributed by atoms with Gasteiger partial charge in [0.25, 0.3) is 0 Å². The predicted molar refractivity (Wildman–Crippen MR) is 138 cm³/mol. The van der Waals surface area contributed by atoms with Crippen LogP contribution >= 0.6 is 0 Å². The minimum Gasteiger partial charge on any atom is -0.490 e. The molecule has 1 N–H and O–H groups in total. The number of carboxylic acid groups (broad SMARTS) is 1. The number of ether oxygens (including phenoxy) is 1. The number of rotatable bonds is 6. The third-order valence-corrected chi connectivity index (χ3v) is 9.23. The highest BCUT2D eigenvalue weighted by atomic mass is 19.4. The zero-order valence-corrected chi connectivity index (χ0v) is 22.4. The Hall–Kier alpha value is -2.49. The normalized spacial score (nSPS) is 28.8. The lowest BCUT2D eigenvalue weighted by Gasteiger charge is -2.51. The third-order valence-electron chi connectivity index (χ3n) is 9.23. The first-order chi connectivity index (χ1) is 18.9. The lowest BCUT2D eigenvalue weighted by Crippen LogP contribution is -2.54. The van der Waals surface area contributed by atoms with Crippen LogP contribution in [0.1, 0.15) is 88.3 Å². The number of benzene rings is 2. The van der Waals surface area contributed by atoms with Crippen molar-refractivity contribution in [1.82, 2.24) is 4.90 Å². The number of hydrogen-bond acceptors (Lipinski definition) is 3. The molecule has 220 valence electrons. The van der Waals surface area contributed by atoms with Gasteiger partial charge in [0.15, 0.2) is 0 Å². The van der Waals surface area contributed by atoms with Crippen LogP contribution in [0.5, 0.6) is 5.75 Å². The number of halogens is 6. The van der Waals surface area contributed by atoms with Gasteiger partial charge in [-0.05, 0) is 86.3 Å². The average Bonchev–Trinajstić information content (AvgIpc) is 2.87. The Morgan fingerprint density at radius 1 is 0.975 bits per heavy atom. The Kier molecular flexibility index (Phi) is 8.03. The number of alkyl halides is 6. The Bertz CT molecular complexity index is 1210. The zero-order valence-electron chi connectivity index (χ0n) is 22.4. The van der Waals surface area contributed by atoms with Gasteiger partial charge in [-0.25, -0.2) is 0 Å². The maximum Gasteiger partial charge on any atom is 0.420 e. The Labute approximate surface area is 229 Å². The highest BCUT2D eigenvalue weighted by molar-refractivity contribution is 5.89. The van der Waals surface area contributed by atoms with Crippen molar-refractivity contribution in [3.8, 4) is 5.75 Å². The van der Waals surface area contributed by atoms with E-state index in [0.717, 1.165) is 31.2 Å². The van der Waals surface area contributed by atoms with Gasteiger partial charge in [-0.15, -0.1) is 0 Å². The molecule has 3 fully saturated rings. The summed E-state index contributed by atoms with van der Waals surface area (Å²) >= 11 is 0. The van der Waals surface area contributed by atoms with Crippen LogP contribution in [0.2, 0.25) is 0 Å². The summed E-state index contributed by atoms with van der Waals surface area (Å²) in [6.45, 7) is 2.04. The van der Waals surface area contributed by atoms with Crippen LogP contribution in [-0.4, -0.2) is 40.3 Å². The van der Waals surface area contributed by atoms with Crippen LogP contribution in [0.25, 0.3) is 10.8 Å². The molecule has 2 saturated heterocycles. The number of aliphatic carboxylic acids is 1. The fraction of sp³-hybridized carbons (Fsp3) is 0.633. The molecule has 3 atom stereocenters. The monoisotopic (exact) mass is 571 g/mol. The zero-order chi connectivity index (χ0) is 28.8. The molecule has 4 nitrogen and oxygen atoms in total. The number of carboxylic acids is 1. The molecule has 2 aromatic carbocycles. The molecule has 0 spiro atoms. The standard InChI is InChI=1S/C30H35F6NO3/c1-2-25(37-21-4-3-5-22(37)16-19(15-21)28(38)39)18-6-12-24-17(14-18)7-13-26(27(24)30(34,35)36)40-23-10-8-20(9-11-23)29(31,32)33/h6-7,12-14,19-23,25H,2-5,8-11,15-16H2,1H3,(H,38,39)/t19?,20-,21?,22?,23+,25-/m1/s1. The first kappa shape index (κ1) is 29.0. The van der Waals surface area contributed by atoms with Crippen molar-refractivity contribution < 1.29 is 41.0 Å². The van der Waals surface area contributed by atoms with E-state index >= 15 is 0 Å². The van der Waals surface area contributed by atoms with Gasteiger partial charge in [0, 0.05) is 18.1 Å². The molecule has 1 aliphatic carbocycles. The number of piperidine rings is 2. The van der Waals surface area contributed by atoms with Gasteiger partial charge >= 0.3 is 18.3 Å². The molecule has 2 heterocycles.